The van der Waals surface area contributed by atoms with Crippen molar-refractivity contribution >= 4 is 69.4 Å². The molecule has 4 aromatic rings. The summed E-state index contributed by atoms with van der Waals surface area (Å²) in [6.45, 7) is 7.30. The minimum Gasteiger partial charge on any atom is -0.478 e. The van der Waals surface area contributed by atoms with Gasteiger partial charge in [-0.25, -0.2) is 4.79 Å². The van der Waals surface area contributed by atoms with Crippen LogP contribution in [0.15, 0.2) is 78.9 Å². The van der Waals surface area contributed by atoms with E-state index < -0.39 is 12.0 Å². The standard InChI is InChI=1S/C47H47Cl2N5O5/c48-34-7-12-39(41(49)26-34)40-3-1-2-31-24-32(47(58)59)6-11-37(31)44(40)30-4-8-35(9-5-30)52-18-16-29(17-19-52)27-51-20-22-53(23-21-51)36-10-13-38-33(25-36)28-54(46(38)57)42-14-15-43(55)50-45(42)56/h4-13,24-26,29,42H,1-3,14-23,27-28H2,(H,58,59)(H,50,55,56). The van der Waals surface area contributed by atoms with Crippen molar-refractivity contribution in [1.82, 2.24) is 15.1 Å². The van der Waals surface area contributed by atoms with E-state index in [1.807, 2.05) is 36.4 Å². The summed E-state index contributed by atoms with van der Waals surface area (Å²) in [7, 11) is 0. The second-order valence-electron chi connectivity index (χ2n) is 16.5. The molecule has 5 aliphatic rings. The van der Waals surface area contributed by atoms with Crippen LogP contribution < -0.4 is 15.1 Å². The van der Waals surface area contributed by atoms with Crippen molar-refractivity contribution in [2.45, 2.75) is 57.5 Å². The second-order valence-corrected chi connectivity index (χ2v) is 17.4. The van der Waals surface area contributed by atoms with Gasteiger partial charge in [0.1, 0.15) is 6.04 Å². The Morgan fingerprint density at radius 2 is 1.42 bits per heavy atom. The molecule has 0 radical (unpaired) electrons. The van der Waals surface area contributed by atoms with Crippen LogP contribution in [0, 0.1) is 5.92 Å². The molecule has 304 valence electrons. The van der Waals surface area contributed by atoms with Crippen molar-refractivity contribution in [3.8, 4) is 0 Å². The minimum atomic E-state index is -0.922. The highest BCUT2D eigenvalue weighted by Crippen LogP contribution is 2.43. The highest BCUT2D eigenvalue weighted by atomic mass is 35.5. The number of carboxylic acids is 1. The largest absolute Gasteiger partial charge is 0.478 e. The number of carbonyl (C=O) groups excluding carboxylic acids is 3. The topological polar surface area (TPSA) is 114 Å². The number of allylic oxidation sites excluding steroid dienone is 1. The molecule has 1 aliphatic carbocycles. The average Bonchev–Trinajstić information content (AvgIpc) is 3.43. The molecular formula is C47H47Cl2N5O5. The molecule has 1 atom stereocenters. The smallest absolute Gasteiger partial charge is 0.335 e. The maximum Gasteiger partial charge on any atom is 0.335 e. The molecule has 1 unspecified atom stereocenters. The number of amides is 3. The molecule has 0 bridgehead atoms. The maximum atomic E-state index is 13.2. The van der Waals surface area contributed by atoms with Crippen LogP contribution in [0.25, 0.3) is 11.1 Å². The van der Waals surface area contributed by atoms with Crippen molar-refractivity contribution in [2.24, 2.45) is 5.92 Å². The first-order chi connectivity index (χ1) is 28.6. The first-order valence-electron chi connectivity index (χ1n) is 20.7. The van der Waals surface area contributed by atoms with Crippen LogP contribution in [0.4, 0.5) is 11.4 Å². The number of rotatable bonds is 8. The normalized spacial score (nSPS) is 20.4. The van der Waals surface area contributed by atoms with Gasteiger partial charge >= 0.3 is 5.97 Å². The van der Waals surface area contributed by atoms with Gasteiger partial charge in [-0.1, -0.05) is 47.5 Å². The van der Waals surface area contributed by atoms with Gasteiger partial charge in [0.2, 0.25) is 11.8 Å². The third kappa shape index (κ3) is 7.98. The van der Waals surface area contributed by atoms with E-state index in [4.69, 9.17) is 23.2 Å². The number of carbonyl (C=O) groups is 4. The van der Waals surface area contributed by atoms with Crippen molar-refractivity contribution in [3.05, 3.63) is 128 Å². The van der Waals surface area contributed by atoms with Crippen molar-refractivity contribution < 1.29 is 24.3 Å². The van der Waals surface area contributed by atoms with Gasteiger partial charge in [-0.2, -0.15) is 0 Å². The Labute approximate surface area is 354 Å². The molecule has 9 rings (SSSR count). The van der Waals surface area contributed by atoms with Crippen LogP contribution in [0.1, 0.15) is 87.1 Å². The Morgan fingerprint density at radius 3 is 2.15 bits per heavy atom. The first-order valence-corrected chi connectivity index (χ1v) is 21.5. The molecule has 10 nitrogen and oxygen atoms in total. The summed E-state index contributed by atoms with van der Waals surface area (Å²) in [6.07, 6.45) is 5.35. The number of aromatic carboxylic acids is 1. The molecule has 3 fully saturated rings. The van der Waals surface area contributed by atoms with E-state index in [2.05, 4.69) is 50.3 Å². The van der Waals surface area contributed by atoms with Crippen LogP contribution in [0.3, 0.4) is 0 Å². The molecule has 3 saturated heterocycles. The van der Waals surface area contributed by atoms with Crippen LogP contribution in [-0.4, -0.2) is 90.5 Å². The SMILES string of the molecule is O=C1CCC(N2Cc3cc(N4CCN(CC5CCN(c6ccc(C7=C(c8ccc(Cl)cc8Cl)CCCc8cc(C(=O)O)ccc87)cc6)CC5)CC4)ccc3C2=O)C(=O)N1. The summed E-state index contributed by atoms with van der Waals surface area (Å²) in [5, 5.41) is 13.3. The summed E-state index contributed by atoms with van der Waals surface area (Å²) in [4.78, 5) is 58.3. The lowest BCUT2D eigenvalue weighted by Gasteiger charge is -2.40. The third-order valence-electron chi connectivity index (χ3n) is 12.9. The first kappa shape index (κ1) is 39.3. The highest BCUT2D eigenvalue weighted by molar-refractivity contribution is 6.36. The van der Waals surface area contributed by atoms with Gasteiger partial charge in [0.05, 0.1) is 5.56 Å². The number of nitrogens with zero attached hydrogens (tertiary/aromatic N) is 4. The zero-order chi connectivity index (χ0) is 40.8. The van der Waals surface area contributed by atoms with Gasteiger partial charge in [0.15, 0.2) is 0 Å². The van der Waals surface area contributed by atoms with E-state index in [0.29, 0.717) is 40.1 Å². The van der Waals surface area contributed by atoms with Gasteiger partial charge in [-0.15, -0.1) is 0 Å². The van der Waals surface area contributed by atoms with Crippen LogP contribution >= 0.6 is 23.2 Å². The highest BCUT2D eigenvalue weighted by Gasteiger charge is 2.39. The Balaban J connectivity index is 0.820. The van der Waals surface area contributed by atoms with Gasteiger partial charge in [0.25, 0.3) is 5.91 Å². The van der Waals surface area contributed by atoms with E-state index in [-0.39, 0.29) is 24.1 Å². The van der Waals surface area contributed by atoms with Crippen molar-refractivity contribution in [1.29, 1.82) is 0 Å². The predicted octanol–water partition coefficient (Wildman–Crippen LogP) is 7.79. The van der Waals surface area contributed by atoms with E-state index in [0.717, 1.165) is 123 Å². The number of fused-ring (bicyclic) bond motifs is 2. The Morgan fingerprint density at radius 1 is 0.712 bits per heavy atom. The summed E-state index contributed by atoms with van der Waals surface area (Å²) < 4.78 is 0. The van der Waals surface area contributed by atoms with Crippen molar-refractivity contribution in [3.63, 3.8) is 0 Å². The van der Waals surface area contributed by atoms with Crippen molar-refractivity contribution in [2.75, 3.05) is 55.6 Å². The molecule has 4 aromatic carbocycles. The van der Waals surface area contributed by atoms with Gasteiger partial charge in [-0.3, -0.25) is 24.6 Å². The van der Waals surface area contributed by atoms with E-state index >= 15 is 0 Å². The fourth-order valence-electron chi connectivity index (χ4n) is 9.78. The Hall–Kier alpha value is -5.16. The molecule has 0 aromatic heterocycles. The maximum absolute atomic E-state index is 13.2. The average molecular weight is 833 g/mol. The number of piperidine rings is 2. The summed E-state index contributed by atoms with van der Waals surface area (Å²) in [6, 6.07) is 25.4. The summed E-state index contributed by atoms with van der Waals surface area (Å²) in [5.41, 5.74) is 10.6. The third-order valence-corrected chi connectivity index (χ3v) is 13.5. The number of anilines is 2. The molecular weight excluding hydrogens is 785 g/mol. The fourth-order valence-corrected chi connectivity index (χ4v) is 10.3. The van der Waals surface area contributed by atoms with Crippen LogP contribution in [-0.2, 0) is 22.6 Å². The molecule has 3 amide bonds. The predicted molar refractivity (Wildman–Crippen MR) is 231 cm³/mol. The quantitative estimate of drug-likeness (QED) is 0.173. The number of benzene rings is 4. The number of piperazine rings is 1. The molecule has 2 N–H and O–H groups in total. The number of hydrogen-bond acceptors (Lipinski definition) is 7. The van der Waals surface area contributed by atoms with Gasteiger partial charge in [0, 0.05) is 85.8 Å². The number of imide groups is 1. The lowest BCUT2D eigenvalue weighted by Crippen LogP contribution is -2.52. The van der Waals surface area contributed by atoms with E-state index in [9.17, 15) is 24.3 Å². The second kappa shape index (κ2) is 16.5. The number of halogens is 2. The number of hydrogen-bond donors (Lipinski definition) is 2. The van der Waals surface area contributed by atoms with Crippen LogP contribution in [0.5, 0.6) is 0 Å². The van der Waals surface area contributed by atoms with Crippen LogP contribution in [0.2, 0.25) is 10.0 Å². The zero-order valence-corrected chi connectivity index (χ0v) is 34.4. The monoisotopic (exact) mass is 831 g/mol. The number of carboxylic acid groups (broad SMARTS) is 1. The fraction of sp³-hybridized carbons (Fsp3) is 0.362. The van der Waals surface area contributed by atoms with E-state index in [1.54, 1.807) is 17.0 Å². The Kier molecular flexibility index (Phi) is 11.0. The number of nitrogens with one attached hydrogen (secondary N) is 1. The minimum absolute atomic E-state index is 0.138. The number of aryl methyl sites for hydroxylation is 1. The molecule has 12 heteroatoms. The molecule has 0 saturated carbocycles. The summed E-state index contributed by atoms with van der Waals surface area (Å²) in [5.74, 6) is -1.09. The lowest BCUT2D eigenvalue weighted by atomic mass is 9.87. The molecule has 59 heavy (non-hydrogen) atoms. The van der Waals surface area contributed by atoms with Gasteiger partial charge in [-0.05, 0) is 138 Å². The molecule has 0 spiro atoms. The van der Waals surface area contributed by atoms with E-state index in [1.165, 1.54) is 5.69 Å². The zero-order valence-electron chi connectivity index (χ0n) is 32.9. The summed E-state index contributed by atoms with van der Waals surface area (Å²) >= 11 is 13.1. The molecule has 4 heterocycles. The Bertz CT molecular complexity index is 2360. The molecule has 4 aliphatic heterocycles. The van der Waals surface area contributed by atoms with Gasteiger partial charge < -0.3 is 19.8 Å². The lowest BCUT2D eigenvalue weighted by molar-refractivity contribution is -0.136.